The predicted molar refractivity (Wildman–Crippen MR) is 113 cm³/mol. The van der Waals surface area contributed by atoms with E-state index in [0.29, 0.717) is 24.4 Å². The van der Waals surface area contributed by atoms with Gasteiger partial charge < -0.3 is 9.64 Å². The van der Waals surface area contributed by atoms with Gasteiger partial charge in [0.15, 0.2) is 5.75 Å². The normalized spacial score (nSPS) is 10.1. The van der Waals surface area contributed by atoms with Gasteiger partial charge in [-0.1, -0.05) is 24.3 Å². The summed E-state index contributed by atoms with van der Waals surface area (Å²) in [7, 11) is 1.39. The van der Waals surface area contributed by atoms with E-state index in [4.69, 9.17) is 10.00 Å². The fourth-order valence-corrected chi connectivity index (χ4v) is 3.51. The van der Waals surface area contributed by atoms with Crippen molar-refractivity contribution >= 4 is 23.4 Å². The van der Waals surface area contributed by atoms with Crippen molar-refractivity contribution in [3.8, 4) is 11.8 Å². The van der Waals surface area contributed by atoms with Gasteiger partial charge in [-0.2, -0.15) is 5.26 Å². The third kappa shape index (κ3) is 6.36. The van der Waals surface area contributed by atoms with Crippen molar-refractivity contribution in [1.82, 2.24) is 4.90 Å². The van der Waals surface area contributed by atoms with Crippen LogP contribution in [0.3, 0.4) is 0 Å². The topological polar surface area (TPSA) is 96.5 Å². The summed E-state index contributed by atoms with van der Waals surface area (Å²) >= 11 is 1.39. The maximum atomic E-state index is 12.6. The van der Waals surface area contributed by atoms with Crippen molar-refractivity contribution in [2.75, 3.05) is 19.4 Å². The van der Waals surface area contributed by atoms with E-state index in [0.717, 1.165) is 11.1 Å². The first-order valence-electron chi connectivity index (χ1n) is 8.75. The molecule has 0 aliphatic heterocycles. The van der Waals surface area contributed by atoms with Crippen molar-refractivity contribution in [2.45, 2.75) is 12.3 Å². The van der Waals surface area contributed by atoms with Gasteiger partial charge in [0.25, 0.3) is 0 Å². The highest BCUT2D eigenvalue weighted by atomic mass is 32.2. The number of nitro benzene ring substituents is 1. The molecule has 7 nitrogen and oxygen atoms in total. The number of rotatable bonds is 10. The summed E-state index contributed by atoms with van der Waals surface area (Å²) in [6.07, 6.45) is 1.67. The Bertz CT molecular complexity index is 923. The molecule has 0 aromatic heterocycles. The van der Waals surface area contributed by atoms with Crippen LogP contribution in [0.4, 0.5) is 5.69 Å². The molecule has 0 radical (unpaired) electrons. The number of methoxy groups -OCH3 is 1. The van der Waals surface area contributed by atoms with Crippen molar-refractivity contribution < 1.29 is 14.5 Å². The highest BCUT2D eigenvalue weighted by Crippen LogP contribution is 2.29. The highest BCUT2D eigenvalue weighted by molar-refractivity contribution is 7.99. The molecule has 2 aromatic carbocycles. The smallest absolute Gasteiger partial charge is 0.311 e. The van der Waals surface area contributed by atoms with E-state index >= 15 is 0 Å². The van der Waals surface area contributed by atoms with Gasteiger partial charge in [-0.15, -0.1) is 18.3 Å². The predicted octanol–water partition coefficient (Wildman–Crippen LogP) is 3.92. The minimum Gasteiger partial charge on any atom is -0.490 e. The molecule has 0 saturated carbocycles. The van der Waals surface area contributed by atoms with Gasteiger partial charge in [0.2, 0.25) is 5.91 Å². The second kappa shape index (κ2) is 10.9. The fraction of sp³-hybridized carbons (Fsp3) is 0.238. The first-order valence-corrected chi connectivity index (χ1v) is 9.90. The van der Waals surface area contributed by atoms with Crippen LogP contribution in [0.2, 0.25) is 0 Å². The zero-order chi connectivity index (χ0) is 21.2. The molecule has 150 valence electrons. The van der Waals surface area contributed by atoms with Gasteiger partial charge in [0, 0.05) is 24.9 Å². The van der Waals surface area contributed by atoms with E-state index in [1.807, 2.05) is 12.1 Å². The summed E-state index contributed by atoms with van der Waals surface area (Å²) in [5.74, 6) is 0.862. The van der Waals surface area contributed by atoms with E-state index in [9.17, 15) is 14.9 Å². The molecular weight excluding hydrogens is 390 g/mol. The Morgan fingerprint density at radius 2 is 2.00 bits per heavy atom. The van der Waals surface area contributed by atoms with Crippen LogP contribution in [0.1, 0.15) is 16.7 Å². The lowest BCUT2D eigenvalue weighted by Gasteiger charge is -2.21. The Kier molecular flexibility index (Phi) is 8.25. The molecule has 0 unspecified atom stereocenters. The molecule has 0 bridgehead atoms. The molecule has 0 fully saturated rings. The molecule has 0 saturated heterocycles. The number of thioether (sulfide) groups is 1. The number of carbonyl (C=O) groups is 1. The molecule has 0 aliphatic carbocycles. The lowest BCUT2D eigenvalue weighted by molar-refractivity contribution is -0.385. The van der Waals surface area contributed by atoms with Gasteiger partial charge >= 0.3 is 5.69 Å². The summed E-state index contributed by atoms with van der Waals surface area (Å²) in [5.41, 5.74) is 2.15. The van der Waals surface area contributed by atoms with E-state index in [2.05, 4.69) is 12.6 Å². The molecule has 0 spiro atoms. The number of benzene rings is 2. The Hall–Kier alpha value is -3.31. The number of hydrogen-bond acceptors (Lipinski definition) is 6. The van der Waals surface area contributed by atoms with Crippen LogP contribution in [0, 0.1) is 21.4 Å². The average molecular weight is 411 g/mol. The monoisotopic (exact) mass is 411 g/mol. The van der Waals surface area contributed by atoms with Crippen LogP contribution in [0.5, 0.6) is 5.75 Å². The van der Waals surface area contributed by atoms with Crippen LogP contribution in [0.15, 0.2) is 55.1 Å². The van der Waals surface area contributed by atoms with E-state index in [1.54, 1.807) is 35.2 Å². The van der Waals surface area contributed by atoms with Gasteiger partial charge in [-0.05, 0) is 29.3 Å². The van der Waals surface area contributed by atoms with Gasteiger partial charge in [-0.25, -0.2) is 0 Å². The minimum absolute atomic E-state index is 0.0535. The molecule has 0 heterocycles. The van der Waals surface area contributed by atoms with E-state index < -0.39 is 4.92 Å². The number of carbonyl (C=O) groups excluding carboxylic acids is 1. The molecule has 0 N–H and O–H groups in total. The summed E-state index contributed by atoms with van der Waals surface area (Å²) in [6.45, 7) is 4.53. The summed E-state index contributed by atoms with van der Waals surface area (Å²) in [4.78, 5) is 24.9. The molecule has 0 atom stereocenters. The zero-order valence-corrected chi connectivity index (χ0v) is 16.9. The number of nitro groups is 1. The second-order valence-corrected chi connectivity index (χ2v) is 7.11. The largest absolute Gasteiger partial charge is 0.490 e. The number of ether oxygens (including phenoxy) is 1. The third-order valence-corrected chi connectivity index (χ3v) is 5.08. The Labute approximate surface area is 173 Å². The average Bonchev–Trinajstić information content (AvgIpc) is 2.73. The van der Waals surface area contributed by atoms with Crippen LogP contribution in [-0.4, -0.2) is 35.1 Å². The molecule has 8 heteroatoms. The first-order chi connectivity index (χ1) is 14.0. The lowest BCUT2D eigenvalue weighted by atomic mass is 10.1. The lowest BCUT2D eigenvalue weighted by Crippen LogP contribution is -2.32. The second-order valence-electron chi connectivity index (χ2n) is 6.13. The molecule has 0 aliphatic rings. The molecule has 2 aromatic rings. The van der Waals surface area contributed by atoms with E-state index in [1.165, 1.54) is 24.9 Å². The summed E-state index contributed by atoms with van der Waals surface area (Å²) in [5, 5.41) is 20.0. The van der Waals surface area contributed by atoms with Gasteiger partial charge in [0.05, 0.1) is 29.4 Å². The molecular formula is C21H21N3O4S. The van der Waals surface area contributed by atoms with Crippen LogP contribution in [0.25, 0.3) is 0 Å². The van der Waals surface area contributed by atoms with Crippen molar-refractivity contribution in [2.24, 2.45) is 0 Å². The quantitative estimate of drug-likeness (QED) is 0.334. The molecule has 2 rings (SSSR count). The Morgan fingerprint density at radius 1 is 1.31 bits per heavy atom. The number of nitriles is 1. The molecule has 29 heavy (non-hydrogen) atoms. The zero-order valence-electron chi connectivity index (χ0n) is 16.0. The highest BCUT2D eigenvalue weighted by Gasteiger charge is 2.16. The Balaban J connectivity index is 1.96. The van der Waals surface area contributed by atoms with Crippen molar-refractivity contribution in [3.05, 3.63) is 81.9 Å². The molecule has 1 amide bonds. The van der Waals surface area contributed by atoms with Gasteiger partial charge in [0.1, 0.15) is 0 Å². The van der Waals surface area contributed by atoms with E-state index in [-0.39, 0.29) is 23.1 Å². The number of amides is 1. The SMILES string of the molecule is C=CCN(Cc1ccc(C#N)cc1)C(=O)CSCc1ccc(OC)c([N+](=O)[O-])c1. The van der Waals surface area contributed by atoms with Gasteiger partial charge in [-0.3, -0.25) is 14.9 Å². The van der Waals surface area contributed by atoms with Crippen molar-refractivity contribution in [3.63, 3.8) is 0 Å². The number of hydrogen-bond donors (Lipinski definition) is 0. The maximum Gasteiger partial charge on any atom is 0.311 e. The Morgan fingerprint density at radius 3 is 2.59 bits per heavy atom. The first kappa shape index (κ1) is 22.0. The standard InChI is InChI=1S/C21H21N3O4S/c1-3-10-23(13-17-6-4-16(12-22)5-7-17)21(25)15-29-14-18-8-9-20(28-2)19(11-18)24(26)27/h3-9,11H,1,10,13-15H2,2H3. The number of nitrogens with zero attached hydrogens (tertiary/aromatic N) is 3. The summed E-state index contributed by atoms with van der Waals surface area (Å²) in [6, 6.07) is 13.9. The van der Waals surface area contributed by atoms with Crippen LogP contribution < -0.4 is 4.74 Å². The van der Waals surface area contributed by atoms with Crippen LogP contribution in [-0.2, 0) is 17.1 Å². The fourth-order valence-electron chi connectivity index (χ4n) is 2.63. The minimum atomic E-state index is -0.485. The summed E-state index contributed by atoms with van der Waals surface area (Å²) < 4.78 is 5.00. The van der Waals surface area contributed by atoms with Crippen molar-refractivity contribution in [1.29, 1.82) is 5.26 Å². The maximum absolute atomic E-state index is 12.6. The third-order valence-electron chi connectivity index (χ3n) is 4.09. The van der Waals surface area contributed by atoms with Crippen LogP contribution >= 0.6 is 11.8 Å².